The Morgan fingerprint density at radius 3 is 2.52 bits per heavy atom. The zero-order chi connectivity index (χ0) is 16.6. The molecular weight excluding hydrogens is 296 g/mol. The average molecular weight is 330 g/mol. The van der Waals surface area contributed by atoms with Gasteiger partial charge in [-0.3, -0.25) is 4.79 Å². The van der Waals surface area contributed by atoms with Crippen LogP contribution in [0.1, 0.15) is 71.1 Å². The quantitative estimate of drug-likeness (QED) is 0.358. The van der Waals surface area contributed by atoms with E-state index in [1.807, 2.05) is 6.92 Å². The van der Waals surface area contributed by atoms with E-state index in [0.29, 0.717) is 19.6 Å². The summed E-state index contributed by atoms with van der Waals surface area (Å²) < 4.78 is 21.7. The first kappa shape index (κ1) is 20.4. The molecule has 0 bridgehead atoms. The maximum Gasteiger partial charge on any atom is 0.305 e. The van der Waals surface area contributed by atoms with Gasteiger partial charge in [0.05, 0.1) is 6.61 Å². The van der Waals surface area contributed by atoms with Crippen LogP contribution in [-0.2, 0) is 23.7 Å². The molecule has 0 aromatic rings. The van der Waals surface area contributed by atoms with Crippen molar-refractivity contribution < 1.29 is 23.7 Å². The van der Waals surface area contributed by atoms with Crippen molar-refractivity contribution in [2.45, 2.75) is 77.4 Å². The Morgan fingerprint density at radius 2 is 1.78 bits per heavy atom. The fourth-order valence-electron chi connectivity index (χ4n) is 2.49. The molecule has 0 spiro atoms. The number of carbonyl (C=O) groups excluding carboxylic acids is 1. The summed E-state index contributed by atoms with van der Waals surface area (Å²) in [4.78, 5) is 11.1. The highest BCUT2D eigenvalue weighted by Crippen LogP contribution is 2.14. The number of carbonyl (C=O) groups is 1. The lowest BCUT2D eigenvalue weighted by atomic mass is 10.1. The standard InChI is InChI=1S/C18H34O5/c1-2-10-17(19)21-16-15-20-12-7-4-3-5-8-13-22-18-11-6-9-14-23-18/h18H,2-16H2,1H3. The van der Waals surface area contributed by atoms with Crippen LogP contribution in [0.15, 0.2) is 0 Å². The second-order valence-electron chi connectivity index (χ2n) is 6.02. The second kappa shape index (κ2) is 14.9. The molecule has 1 aliphatic heterocycles. The highest BCUT2D eigenvalue weighted by atomic mass is 16.7. The maximum atomic E-state index is 11.1. The molecule has 0 aromatic carbocycles. The number of unbranched alkanes of at least 4 members (excludes halogenated alkanes) is 4. The van der Waals surface area contributed by atoms with Gasteiger partial charge in [0.15, 0.2) is 6.29 Å². The van der Waals surface area contributed by atoms with Crippen molar-refractivity contribution in [3.05, 3.63) is 0 Å². The molecule has 1 atom stereocenters. The van der Waals surface area contributed by atoms with Gasteiger partial charge >= 0.3 is 5.97 Å². The maximum absolute atomic E-state index is 11.1. The normalized spacial score (nSPS) is 18.0. The van der Waals surface area contributed by atoms with Crippen molar-refractivity contribution in [3.8, 4) is 0 Å². The van der Waals surface area contributed by atoms with Crippen LogP contribution < -0.4 is 0 Å². The van der Waals surface area contributed by atoms with Gasteiger partial charge in [-0.2, -0.15) is 0 Å². The molecular formula is C18H34O5. The van der Waals surface area contributed by atoms with E-state index < -0.39 is 0 Å². The molecule has 1 fully saturated rings. The minimum atomic E-state index is -0.128. The number of hydrogen-bond acceptors (Lipinski definition) is 5. The fourth-order valence-corrected chi connectivity index (χ4v) is 2.49. The van der Waals surface area contributed by atoms with Crippen molar-refractivity contribution in [3.63, 3.8) is 0 Å². The van der Waals surface area contributed by atoms with Crippen LogP contribution in [0.4, 0.5) is 0 Å². The molecule has 1 unspecified atom stereocenters. The largest absolute Gasteiger partial charge is 0.463 e. The van der Waals surface area contributed by atoms with Gasteiger partial charge in [0.25, 0.3) is 0 Å². The number of rotatable bonds is 14. The summed E-state index contributed by atoms with van der Waals surface area (Å²) in [5, 5.41) is 0. The minimum absolute atomic E-state index is 0.0450. The smallest absolute Gasteiger partial charge is 0.305 e. The number of esters is 1. The molecule has 23 heavy (non-hydrogen) atoms. The van der Waals surface area contributed by atoms with Crippen LogP contribution in [0.3, 0.4) is 0 Å². The highest BCUT2D eigenvalue weighted by Gasteiger charge is 2.13. The van der Waals surface area contributed by atoms with E-state index in [1.165, 1.54) is 32.1 Å². The van der Waals surface area contributed by atoms with Gasteiger partial charge in [0.1, 0.15) is 6.61 Å². The van der Waals surface area contributed by atoms with Gasteiger partial charge in [-0.25, -0.2) is 0 Å². The minimum Gasteiger partial charge on any atom is -0.463 e. The Morgan fingerprint density at radius 1 is 1.00 bits per heavy atom. The van der Waals surface area contributed by atoms with Crippen molar-refractivity contribution in [1.29, 1.82) is 0 Å². The summed E-state index contributed by atoms with van der Waals surface area (Å²) in [7, 11) is 0. The first-order chi connectivity index (χ1) is 11.3. The highest BCUT2D eigenvalue weighted by molar-refractivity contribution is 5.69. The lowest BCUT2D eigenvalue weighted by Crippen LogP contribution is -2.22. The molecule has 1 heterocycles. The van der Waals surface area contributed by atoms with E-state index >= 15 is 0 Å². The van der Waals surface area contributed by atoms with Gasteiger partial charge in [-0.15, -0.1) is 0 Å². The van der Waals surface area contributed by atoms with E-state index in [4.69, 9.17) is 18.9 Å². The lowest BCUT2D eigenvalue weighted by molar-refractivity contribution is -0.162. The molecule has 0 saturated carbocycles. The van der Waals surface area contributed by atoms with Crippen molar-refractivity contribution in [2.75, 3.05) is 33.0 Å². The predicted molar refractivity (Wildman–Crippen MR) is 89.3 cm³/mol. The number of hydrogen-bond donors (Lipinski definition) is 0. The van der Waals surface area contributed by atoms with Gasteiger partial charge in [0.2, 0.25) is 0 Å². The van der Waals surface area contributed by atoms with E-state index in [9.17, 15) is 4.79 Å². The molecule has 5 nitrogen and oxygen atoms in total. The molecule has 0 radical (unpaired) electrons. The van der Waals surface area contributed by atoms with E-state index in [0.717, 1.165) is 45.5 Å². The summed E-state index contributed by atoms with van der Waals surface area (Å²) >= 11 is 0. The monoisotopic (exact) mass is 330 g/mol. The van der Waals surface area contributed by atoms with Crippen LogP contribution in [0, 0.1) is 0 Å². The Bertz CT molecular complexity index is 277. The van der Waals surface area contributed by atoms with Gasteiger partial charge in [0, 0.05) is 26.2 Å². The molecule has 0 aliphatic carbocycles. The third-order valence-corrected chi connectivity index (χ3v) is 3.82. The third kappa shape index (κ3) is 12.4. The molecule has 0 aromatic heterocycles. The van der Waals surface area contributed by atoms with Crippen LogP contribution in [0.2, 0.25) is 0 Å². The molecule has 1 rings (SSSR count). The molecule has 0 amide bonds. The first-order valence-corrected chi connectivity index (χ1v) is 9.29. The third-order valence-electron chi connectivity index (χ3n) is 3.82. The van der Waals surface area contributed by atoms with Gasteiger partial charge < -0.3 is 18.9 Å². The van der Waals surface area contributed by atoms with Gasteiger partial charge in [-0.05, 0) is 38.5 Å². The first-order valence-electron chi connectivity index (χ1n) is 9.29. The fraction of sp³-hybridized carbons (Fsp3) is 0.944. The Hall–Kier alpha value is -0.650. The predicted octanol–water partition coefficient (Wildman–Crippen LogP) is 3.84. The summed E-state index contributed by atoms with van der Waals surface area (Å²) in [6, 6.07) is 0. The summed E-state index contributed by atoms with van der Waals surface area (Å²) in [5.41, 5.74) is 0. The van der Waals surface area contributed by atoms with E-state index in [-0.39, 0.29) is 12.3 Å². The van der Waals surface area contributed by atoms with Crippen LogP contribution in [0.25, 0.3) is 0 Å². The van der Waals surface area contributed by atoms with Crippen LogP contribution >= 0.6 is 0 Å². The Labute approximate surface area is 141 Å². The lowest BCUT2D eigenvalue weighted by Gasteiger charge is -2.22. The topological polar surface area (TPSA) is 54.0 Å². The molecule has 5 heteroatoms. The van der Waals surface area contributed by atoms with Crippen molar-refractivity contribution in [1.82, 2.24) is 0 Å². The van der Waals surface area contributed by atoms with E-state index in [1.54, 1.807) is 0 Å². The zero-order valence-corrected chi connectivity index (χ0v) is 14.7. The van der Waals surface area contributed by atoms with Crippen LogP contribution in [0.5, 0.6) is 0 Å². The SMILES string of the molecule is CCCC(=O)OCCOCCCCCCCOC1CCCCO1. The molecule has 1 saturated heterocycles. The van der Waals surface area contributed by atoms with Crippen molar-refractivity contribution in [2.24, 2.45) is 0 Å². The van der Waals surface area contributed by atoms with Crippen LogP contribution in [-0.4, -0.2) is 45.3 Å². The van der Waals surface area contributed by atoms with Crippen molar-refractivity contribution >= 4 is 5.97 Å². The summed E-state index contributed by atoms with van der Waals surface area (Å²) in [5.74, 6) is -0.128. The van der Waals surface area contributed by atoms with E-state index in [2.05, 4.69) is 0 Å². The number of ether oxygens (including phenoxy) is 4. The van der Waals surface area contributed by atoms with Gasteiger partial charge in [-0.1, -0.05) is 26.2 Å². The molecule has 0 N–H and O–H groups in total. The molecule has 136 valence electrons. The summed E-state index contributed by atoms with van der Waals surface area (Å²) in [6.07, 6.45) is 10.6. The Balaban J connectivity index is 1.72. The molecule has 1 aliphatic rings. The average Bonchev–Trinajstić information content (AvgIpc) is 2.57. The second-order valence-corrected chi connectivity index (χ2v) is 6.02. The summed E-state index contributed by atoms with van der Waals surface area (Å²) in [6.45, 7) is 5.25. The Kier molecular flexibility index (Phi) is 13.2. The zero-order valence-electron chi connectivity index (χ0n) is 14.7.